The summed E-state index contributed by atoms with van der Waals surface area (Å²) < 4.78 is 19.4. The molecule has 1 aromatic heterocycles. The Bertz CT molecular complexity index is 1310. The van der Waals surface area contributed by atoms with E-state index in [0.29, 0.717) is 16.7 Å². The molecule has 2 N–H and O–H groups in total. The van der Waals surface area contributed by atoms with Crippen LogP contribution in [0.5, 0.6) is 5.75 Å². The van der Waals surface area contributed by atoms with E-state index in [2.05, 4.69) is 31.4 Å². The van der Waals surface area contributed by atoms with Crippen molar-refractivity contribution in [2.24, 2.45) is 0 Å². The molecule has 3 aromatic carbocycles. The molecule has 0 aliphatic carbocycles. The molecule has 0 radical (unpaired) electrons. The van der Waals surface area contributed by atoms with E-state index < -0.39 is 17.8 Å². The van der Waals surface area contributed by atoms with Gasteiger partial charge < -0.3 is 14.9 Å². The normalized spacial score (nSPS) is 11.9. The smallest absolute Gasteiger partial charge is 0.255 e. The summed E-state index contributed by atoms with van der Waals surface area (Å²) in [6.45, 7) is 1.69. The molecule has 168 valence electrons. The van der Waals surface area contributed by atoms with Crippen molar-refractivity contribution >= 4 is 33.4 Å². The standard InChI is InChI=1S/C24H18BrClFN3O3/c1-13-28-24(33-30-13)21(29-23(32)18-12-17(25)7-9-22(18)31)10-14-2-4-15(5-3-14)16-6-8-20(27)19(26)11-16/h2-9,11-12,21,31H,10H2,1H3,(H,29,32). The van der Waals surface area contributed by atoms with Gasteiger partial charge in [-0.15, -0.1) is 0 Å². The molecule has 0 aliphatic heterocycles. The number of nitrogens with zero attached hydrogens (tertiary/aromatic N) is 2. The van der Waals surface area contributed by atoms with Crippen molar-refractivity contribution in [1.82, 2.24) is 15.5 Å². The zero-order valence-corrected chi connectivity index (χ0v) is 19.7. The van der Waals surface area contributed by atoms with Gasteiger partial charge in [-0.3, -0.25) is 4.79 Å². The Kier molecular flexibility index (Phi) is 6.76. The largest absolute Gasteiger partial charge is 0.507 e. The number of halogens is 3. The summed E-state index contributed by atoms with van der Waals surface area (Å²) >= 11 is 9.20. The number of nitrogens with one attached hydrogen (secondary N) is 1. The van der Waals surface area contributed by atoms with Crippen LogP contribution < -0.4 is 5.32 Å². The van der Waals surface area contributed by atoms with Crippen molar-refractivity contribution < 1.29 is 18.8 Å². The number of hydrogen-bond donors (Lipinski definition) is 2. The van der Waals surface area contributed by atoms with Gasteiger partial charge in [0.1, 0.15) is 17.6 Å². The fourth-order valence-corrected chi connectivity index (χ4v) is 3.87. The molecule has 0 saturated carbocycles. The maximum Gasteiger partial charge on any atom is 0.255 e. The van der Waals surface area contributed by atoms with Crippen LogP contribution >= 0.6 is 27.5 Å². The lowest BCUT2D eigenvalue weighted by atomic mass is 10.00. The van der Waals surface area contributed by atoms with E-state index in [1.807, 2.05) is 24.3 Å². The van der Waals surface area contributed by atoms with Crippen LogP contribution in [0.15, 0.2) is 69.7 Å². The van der Waals surface area contributed by atoms with Gasteiger partial charge in [0, 0.05) is 10.9 Å². The van der Waals surface area contributed by atoms with Crippen molar-refractivity contribution in [2.45, 2.75) is 19.4 Å². The molecule has 1 amide bonds. The van der Waals surface area contributed by atoms with E-state index in [4.69, 9.17) is 16.1 Å². The number of phenolic OH excluding ortho intramolecular Hbond substituents is 1. The van der Waals surface area contributed by atoms with Gasteiger partial charge in [-0.25, -0.2) is 4.39 Å². The average Bonchev–Trinajstić information content (AvgIpc) is 3.23. The monoisotopic (exact) mass is 529 g/mol. The number of aromatic hydroxyl groups is 1. The topological polar surface area (TPSA) is 88.2 Å². The van der Waals surface area contributed by atoms with E-state index in [-0.39, 0.29) is 22.2 Å². The minimum atomic E-state index is -0.622. The van der Waals surface area contributed by atoms with Gasteiger partial charge in [0.15, 0.2) is 5.82 Å². The number of amides is 1. The van der Waals surface area contributed by atoms with Crippen LogP contribution in [0.4, 0.5) is 4.39 Å². The van der Waals surface area contributed by atoms with Crippen molar-refractivity contribution in [3.05, 3.63) is 98.8 Å². The van der Waals surface area contributed by atoms with E-state index >= 15 is 0 Å². The number of aryl methyl sites for hydroxylation is 1. The maximum atomic E-state index is 13.5. The molecule has 0 fully saturated rings. The third kappa shape index (κ3) is 5.40. The van der Waals surface area contributed by atoms with Crippen LogP contribution in [0.25, 0.3) is 11.1 Å². The summed E-state index contributed by atoms with van der Waals surface area (Å²) in [7, 11) is 0. The first-order chi connectivity index (χ1) is 15.8. The molecule has 1 unspecified atom stereocenters. The fourth-order valence-electron chi connectivity index (χ4n) is 3.33. The molecule has 0 saturated heterocycles. The number of carbonyl (C=O) groups excluding carboxylic acids is 1. The lowest BCUT2D eigenvalue weighted by Crippen LogP contribution is -2.30. The predicted molar refractivity (Wildman–Crippen MR) is 126 cm³/mol. The van der Waals surface area contributed by atoms with Crippen molar-refractivity contribution in [1.29, 1.82) is 0 Å². The van der Waals surface area contributed by atoms with E-state index in [9.17, 15) is 14.3 Å². The highest BCUT2D eigenvalue weighted by Gasteiger charge is 2.23. The summed E-state index contributed by atoms with van der Waals surface area (Å²) in [5, 5.41) is 16.8. The van der Waals surface area contributed by atoms with E-state index in [1.165, 1.54) is 18.2 Å². The second-order valence-corrected chi connectivity index (χ2v) is 8.72. The second kappa shape index (κ2) is 9.72. The van der Waals surface area contributed by atoms with Crippen molar-refractivity contribution in [2.75, 3.05) is 0 Å². The first kappa shape index (κ1) is 22.9. The predicted octanol–water partition coefficient (Wildman–Crippen LogP) is 6.02. The number of phenols is 1. The zero-order chi connectivity index (χ0) is 23.5. The summed E-state index contributed by atoms with van der Waals surface area (Å²) in [6.07, 6.45) is 0.368. The Hall–Kier alpha value is -3.23. The third-order valence-corrected chi connectivity index (χ3v) is 5.78. The lowest BCUT2D eigenvalue weighted by Gasteiger charge is -2.16. The fraction of sp³-hybridized carbons (Fsp3) is 0.125. The molecule has 9 heteroatoms. The van der Waals surface area contributed by atoms with Crippen LogP contribution in [0.1, 0.15) is 33.7 Å². The molecule has 0 bridgehead atoms. The number of rotatable bonds is 6. The quantitative estimate of drug-likeness (QED) is 0.318. The third-order valence-electron chi connectivity index (χ3n) is 5.00. The first-order valence-electron chi connectivity index (χ1n) is 9.94. The van der Waals surface area contributed by atoms with Crippen LogP contribution in [0, 0.1) is 12.7 Å². The van der Waals surface area contributed by atoms with Crippen LogP contribution in [-0.2, 0) is 6.42 Å². The Balaban J connectivity index is 1.57. The van der Waals surface area contributed by atoms with Crippen molar-refractivity contribution in [3.63, 3.8) is 0 Å². The minimum absolute atomic E-state index is 0.0573. The molecule has 33 heavy (non-hydrogen) atoms. The molecule has 0 aliphatic rings. The average molecular weight is 531 g/mol. The Labute approximate surface area is 202 Å². The highest BCUT2D eigenvalue weighted by molar-refractivity contribution is 9.10. The van der Waals surface area contributed by atoms with Gasteiger partial charge in [0.05, 0.1) is 10.6 Å². The maximum absolute atomic E-state index is 13.5. The number of aromatic nitrogens is 2. The molecular weight excluding hydrogens is 513 g/mol. The molecule has 0 spiro atoms. The van der Waals surface area contributed by atoms with Gasteiger partial charge in [-0.2, -0.15) is 4.98 Å². The SMILES string of the molecule is Cc1noc(C(Cc2ccc(-c3ccc(F)c(Cl)c3)cc2)NC(=O)c2cc(Br)ccc2O)n1. The molecule has 1 heterocycles. The number of carbonyl (C=O) groups is 1. The lowest BCUT2D eigenvalue weighted by molar-refractivity contribution is 0.0925. The zero-order valence-electron chi connectivity index (χ0n) is 17.3. The van der Waals surface area contributed by atoms with Crippen LogP contribution in [-0.4, -0.2) is 21.2 Å². The van der Waals surface area contributed by atoms with Gasteiger partial charge in [-0.05, 0) is 53.9 Å². The Morgan fingerprint density at radius 1 is 1.15 bits per heavy atom. The molecule has 4 aromatic rings. The van der Waals surface area contributed by atoms with E-state index in [0.717, 1.165) is 16.7 Å². The molecule has 6 nitrogen and oxygen atoms in total. The minimum Gasteiger partial charge on any atom is -0.507 e. The van der Waals surface area contributed by atoms with Gasteiger partial charge in [0.2, 0.25) is 5.89 Å². The van der Waals surface area contributed by atoms with Crippen molar-refractivity contribution in [3.8, 4) is 16.9 Å². The van der Waals surface area contributed by atoms with Gasteiger partial charge in [0.25, 0.3) is 5.91 Å². The Morgan fingerprint density at radius 2 is 1.88 bits per heavy atom. The number of benzene rings is 3. The number of hydrogen-bond acceptors (Lipinski definition) is 5. The highest BCUT2D eigenvalue weighted by atomic mass is 79.9. The second-order valence-electron chi connectivity index (χ2n) is 7.40. The summed E-state index contributed by atoms with van der Waals surface area (Å²) in [6, 6.07) is 16.1. The summed E-state index contributed by atoms with van der Waals surface area (Å²) in [5.41, 5.74) is 2.67. The molecule has 4 rings (SSSR count). The molecule has 1 atom stereocenters. The Morgan fingerprint density at radius 3 is 2.55 bits per heavy atom. The van der Waals surface area contributed by atoms with Crippen LogP contribution in [0.2, 0.25) is 5.02 Å². The van der Waals surface area contributed by atoms with Crippen LogP contribution in [0.3, 0.4) is 0 Å². The summed E-state index contributed by atoms with van der Waals surface area (Å²) in [4.78, 5) is 17.1. The van der Waals surface area contributed by atoms with Gasteiger partial charge >= 0.3 is 0 Å². The van der Waals surface area contributed by atoms with Gasteiger partial charge in [-0.1, -0.05) is 63.0 Å². The molecular formula is C24H18BrClFN3O3. The summed E-state index contributed by atoms with van der Waals surface area (Å²) in [5.74, 6) is -0.393. The highest BCUT2D eigenvalue weighted by Crippen LogP contribution is 2.27. The van der Waals surface area contributed by atoms with E-state index in [1.54, 1.807) is 25.1 Å². The first-order valence-corrected chi connectivity index (χ1v) is 11.1.